The number of thiophene rings is 1. The van der Waals surface area contributed by atoms with Gasteiger partial charge >= 0.3 is 0 Å². The van der Waals surface area contributed by atoms with Crippen LogP contribution in [0.15, 0.2) is 17.1 Å². The molecule has 2 rings (SSSR count). The Balaban J connectivity index is 1.81. The summed E-state index contributed by atoms with van der Waals surface area (Å²) in [5.74, 6) is 0.908. The lowest BCUT2D eigenvalue weighted by Gasteiger charge is -2.27. The van der Waals surface area contributed by atoms with Crippen molar-refractivity contribution in [3.8, 4) is 0 Å². The van der Waals surface area contributed by atoms with Crippen molar-refractivity contribution in [2.24, 2.45) is 4.99 Å². The van der Waals surface area contributed by atoms with E-state index in [9.17, 15) is 5.11 Å². The minimum atomic E-state index is -0.108. The van der Waals surface area contributed by atoms with E-state index < -0.39 is 0 Å². The van der Waals surface area contributed by atoms with Crippen molar-refractivity contribution in [2.75, 3.05) is 13.1 Å². The molecule has 0 amide bonds. The molecule has 0 saturated heterocycles. The van der Waals surface area contributed by atoms with Crippen LogP contribution < -0.4 is 10.6 Å². The Labute approximate surface area is 144 Å². The van der Waals surface area contributed by atoms with Crippen LogP contribution >= 0.6 is 33.9 Å². The largest absolute Gasteiger partial charge is 0.393 e. The maximum Gasteiger partial charge on any atom is 0.191 e. The molecule has 118 valence electrons. The SMILES string of the molecule is CCNC(=NCCc1ccc(I)s1)NC1CCC(O)CC1. The quantitative estimate of drug-likeness (QED) is 0.390. The number of nitrogens with one attached hydrogen (secondary N) is 2. The van der Waals surface area contributed by atoms with Crippen LogP contribution in [0.2, 0.25) is 0 Å². The van der Waals surface area contributed by atoms with E-state index >= 15 is 0 Å². The first kappa shape index (κ1) is 17.0. The predicted octanol–water partition coefficient (Wildman–Crippen LogP) is 2.75. The molecule has 1 aliphatic rings. The fourth-order valence-corrected chi connectivity index (χ4v) is 4.24. The minimum Gasteiger partial charge on any atom is -0.393 e. The molecule has 3 N–H and O–H groups in total. The zero-order valence-corrected chi connectivity index (χ0v) is 15.4. The van der Waals surface area contributed by atoms with Crippen LogP contribution in [0.25, 0.3) is 0 Å². The highest BCUT2D eigenvalue weighted by atomic mass is 127. The highest BCUT2D eigenvalue weighted by molar-refractivity contribution is 14.1. The predicted molar refractivity (Wildman–Crippen MR) is 98.1 cm³/mol. The third-order valence-electron chi connectivity index (χ3n) is 3.64. The van der Waals surface area contributed by atoms with Crippen LogP contribution in [0.4, 0.5) is 0 Å². The van der Waals surface area contributed by atoms with Crippen molar-refractivity contribution in [1.29, 1.82) is 0 Å². The molecule has 4 nitrogen and oxygen atoms in total. The van der Waals surface area contributed by atoms with E-state index in [0.29, 0.717) is 6.04 Å². The lowest BCUT2D eigenvalue weighted by Crippen LogP contribution is -2.45. The van der Waals surface area contributed by atoms with E-state index in [1.807, 2.05) is 11.3 Å². The van der Waals surface area contributed by atoms with Crippen molar-refractivity contribution in [1.82, 2.24) is 10.6 Å². The molecule has 0 radical (unpaired) electrons. The van der Waals surface area contributed by atoms with Gasteiger partial charge in [0, 0.05) is 30.4 Å². The van der Waals surface area contributed by atoms with Gasteiger partial charge in [-0.05, 0) is 67.3 Å². The Morgan fingerprint density at radius 1 is 1.38 bits per heavy atom. The van der Waals surface area contributed by atoms with Gasteiger partial charge in [-0.1, -0.05) is 0 Å². The maximum atomic E-state index is 9.56. The van der Waals surface area contributed by atoms with Crippen LogP contribution in [0.3, 0.4) is 0 Å². The van der Waals surface area contributed by atoms with Gasteiger partial charge in [0.25, 0.3) is 0 Å². The molecule has 1 aliphatic carbocycles. The van der Waals surface area contributed by atoms with Crippen molar-refractivity contribution in [2.45, 2.75) is 51.2 Å². The average molecular weight is 421 g/mol. The topological polar surface area (TPSA) is 56.7 Å². The van der Waals surface area contributed by atoms with Crippen molar-refractivity contribution < 1.29 is 5.11 Å². The molecule has 1 aromatic heterocycles. The monoisotopic (exact) mass is 421 g/mol. The Kier molecular flexibility index (Phi) is 7.25. The third-order valence-corrected chi connectivity index (χ3v) is 5.59. The molecule has 21 heavy (non-hydrogen) atoms. The zero-order chi connectivity index (χ0) is 15.1. The average Bonchev–Trinajstić information content (AvgIpc) is 2.87. The first-order valence-corrected chi connectivity index (χ1v) is 9.54. The van der Waals surface area contributed by atoms with Crippen molar-refractivity contribution >= 4 is 39.9 Å². The van der Waals surface area contributed by atoms with Crippen molar-refractivity contribution in [3.05, 3.63) is 19.9 Å². The summed E-state index contributed by atoms with van der Waals surface area (Å²) in [6.45, 7) is 3.77. The number of halogens is 1. The molecule has 1 aromatic rings. The number of aliphatic imine (C=N–C) groups is 1. The molecule has 1 fully saturated rings. The molecular formula is C15H24IN3OS. The zero-order valence-electron chi connectivity index (χ0n) is 12.4. The van der Waals surface area contributed by atoms with E-state index in [-0.39, 0.29) is 6.10 Å². The van der Waals surface area contributed by atoms with Gasteiger partial charge in [0.05, 0.1) is 8.99 Å². The molecule has 1 saturated carbocycles. The minimum absolute atomic E-state index is 0.108. The number of hydrogen-bond donors (Lipinski definition) is 3. The molecule has 0 unspecified atom stereocenters. The maximum absolute atomic E-state index is 9.56. The van der Waals surface area contributed by atoms with E-state index in [1.54, 1.807) is 0 Å². The molecule has 0 atom stereocenters. The Morgan fingerprint density at radius 3 is 2.76 bits per heavy atom. The smallest absolute Gasteiger partial charge is 0.191 e. The number of guanidine groups is 1. The van der Waals surface area contributed by atoms with Gasteiger partial charge in [-0.15, -0.1) is 11.3 Å². The van der Waals surface area contributed by atoms with Crippen LogP contribution in [-0.4, -0.2) is 36.3 Å². The van der Waals surface area contributed by atoms with Gasteiger partial charge in [-0.25, -0.2) is 0 Å². The summed E-state index contributed by atoms with van der Waals surface area (Å²) in [7, 11) is 0. The van der Waals surface area contributed by atoms with Crippen molar-refractivity contribution in [3.63, 3.8) is 0 Å². The number of hydrogen-bond acceptors (Lipinski definition) is 3. The molecule has 1 heterocycles. The lowest BCUT2D eigenvalue weighted by atomic mass is 9.93. The first-order chi connectivity index (χ1) is 10.2. The van der Waals surface area contributed by atoms with Gasteiger partial charge in [0.1, 0.15) is 0 Å². The Hall–Kier alpha value is -0.340. The number of nitrogens with zero attached hydrogens (tertiary/aromatic N) is 1. The van der Waals surface area contributed by atoms with E-state index in [4.69, 9.17) is 0 Å². The summed E-state index contributed by atoms with van der Waals surface area (Å²) in [6.07, 6.45) is 4.72. The summed E-state index contributed by atoms with van der Waals surface area (Å²) in [4.78, 5) is 6.06. The van der Waals surface area contributed by atoms with Crippen LogP contribution in [0, 0.1) is 2.88 Å². The molecule has 0 bridgehead atoms. The molecule has 6 heteroatoms. The molecule has 0 aliphatic heterocycles. The highest BCUT2D eigenvalue weighted by Gasteiger charge is 2.19. The van der Waals surface area contributed by atoms with Gasteiger partial charge in [0.2, 0.25) is 0 Å². The van der Waals surface area contributed by atoms with Crippen LogP contribution in [-0.2, 0) is 6.42 Å². The van der Waals surface area contributed by atoms with Gasteiger partial charge in [0.15, 0.2) is 5.96 Å². The van der Waals surface area contributed by atoms with Gasteiger partial charge in [-0.2, -0.15) is 0 Å². The standard InChI is InChI=1S/C15H24IN3OS/c1-2-17-15(19-11-3-5-12(20)6-4-11)18-10-9-13-7-8-14(16)21-13/h7-8,11-12,20H,2-6,9-10H2,1H3,(H2,17,18,19). The molecular weight excluding hydrogens is 397 g/mol. The first-order valence-electron chi connectivity index (χ1n) is 7.64. The second-order valence-electron chi connectivity index (χ2n) is 5.37. The second-order valence-corrected chi connectivity index (χ2v) is 8.43. The molecule has 0 aromatic carbocycles. The highest BCUT2D eigenvalue weighted by Crippen LogP contribution is 2.19. The van der Waals surface area contributed by atoms with Gasteiger partial charge < -0.3 is 15.7 Å². The lowest BCUT2D eigenvalue weighted by molar-refractivity contribution is 0.120. The number of aliphatic hydroxyl groups is 1. The van der Waals surface area contributed by atoms with E-state index in [0.717, 1.165) is 51.2 Å². The second kappa shape index (κ2) is 8.95. The summed E-state index contributed by atoms with van der Waals surface area (Å²) < 4.78 is 1.33. The number of rotatable bonds is 5. The normalized spacial score (nSPS) is 23.1. The number of aliphatic hydroxyl groups excluding tert-OH is 1. The fourth-order valence-electron chi connectivity index (χ4n) is 2.50. The summed E-state index contributed by atoms with van der Waals surface area (Å²) in [5.41, 5.74) is 0. The van der Waals surface area contributed by atoms with E-state index in [1.165, 1.54) is 7.76 Å². The van der Waals surface area contributed by atoms with Crippen LogP contribution in [0.5, 0.6) is 0 Å². The van der Waals surface area contributed by atoms with Crippen LogP contribution in [0.1, 0.15) is 37.5 Å². The Bertz CT molecular complexity index is 456. The summed E-state index contributed by atoms with van der Waals surface area (Å²) in [6, 6.07) is 4.78. The molecule has 0 spiro atoms. The van der Waals surface area contributed by atoms with Gasteiger partial charge in [-0.3, -0.25) is 4.99 Å². The third kappa shape index (κ3) is 6.12. The Morgan fingerprint density at radius 2 is 2.14 bits per heavy atom. The summed E-state index contributed by atoms with van der Waals surface area (Å²) >= 11 is 4.19. The fraction of sp³-hybridized carbons (Fsp3) is 0.667. The summed E-state index contributed by atoms with van der Waals surface area (Å²) in [5, 5.41) is 16.4. The van der Waals surface area contributed by atoms with E-state index in [2.05, 4.69) is 57.3 Å².